The fourth-order valence-corrected chi connectivity index (χ4v) is 1.72. The van der Waals surface area contributed by atoms with Crippen LogP contribution in [0.25, 0.3) is 0 Å². The molecule has 1 nitrogen and oxygen atoms in total. The fourth-order valence-electron chi connectivity index (χ4n) is 1.20. The zero-order valence-electron chi connectivity index (χ0n) is 8.64. The van der Waals surface area contributed by atoms with Gasteiger partial charge in [-0.1, -0.05) is 37.0 Å². The molecule has 2 N–H and O–H groups in total. The van der Waals surface area contributed by atoms with E-state index in [0.717, 1.165) is 5.56 Å². The SMILES string of the molecule is CC(C)[C@](C)(N)c1cc(Cl)cc(Cl)c1. The highest BCUT2D eigenvalue weighted by Crippen LogP contribution is 2.30. The van der Waals surface area contributed by atoms with Gasteiger partial charge in [0.15, 0.2) is 0 Å². The zero-order chi connectivity index (χ0) is 10.9. The molecule has 78 valence electrons. The third kappa shape index (κ3) is 2.41. The lowest BCUT2D eigenvalue weighted by atomic mass is 9.83. The number of halogens is 2. The van der Waals surface area contributed by atoms with Crippen molar-refractivity contribution in [2.45, 2.75) is 26.3 Å². The van der Waals surface area contributed by atoms with Crippen LogP contribution in [0, 0.1) is 5.92 Å². The second kappa shape index (κ2) is 4.09. The van der Waals surface area contributed by atoms with E-state index in [1.165, 1.54) is 0 Å². The Hall–Kier alpha value is -0.240. The average molecular weight is 232 g/mol. The lowest BCUT2D eigenvalue weighted by Gasteiger charge is -2.30. The van der Waals surface area contributed by atoms with E-state index in [4.69, 9.17) is 28.9 Å². The fraction of sp³-hybridized carbons (Fsp3) is 0.455. The van der Waals surface area contributed by atoms with Gasteiger partial charge in [-0.2, -0.15) is 0 Å². The van der Waals surface area contributed by atoms with Crippen molar-refractivity contribution in [3.8, 4) is 0 Å². The van der Waals surface area contributed by atoms with E-state index in [0.29, 0.717) is 16.0 Å². The van der Waals surface area contributed by atoms with Gasteiger partial charge in [0.25, 0.3) is 0 Å². The molecule has 14 heavy (non-hydrogen) atoms. The van der Waals surface area contributed by atoms with Gasteiger partial charge < -0.3 is 5.73 Å². The first-order valence-electron chi connectivity index (χ1n) is 4.59. The molecule has 0 saturated carbocycles. The number of nitrogens with two attached hydrogens (primary N) is 1. The summed E-state index contributed by atoms with van der Waals surface area (Å²) in [5, 5.41) is 1.26. The van der Waals surface area contributed by atoms with E-state index in [1.54, 1.807) is 6.07 Å². The Kier molecular flexibility index (Phi) is 3.46. The highest BCUT2D eigenvalue weighted by Gasteiger charge is 2.25. The topological polar surface area (TPSA) is 26.0 Å². The van der Waals surface area contributed by atoms with Crippen LogP contribution < -0.4 is 5.73 Å². The van der Waals surface area contributed by atoms with Crippen molar-refractivity contribution in [3.63, 3.8) is 0 Å². The highest BCUT2D eigenvalue weighted by molar-refractivity contribution is 6.34. The van der Waals surface area contributed by atoms with E-state index in [2.05, 4.69) is 13.8 Å². The first-order chi connectivity index (χ1) is 6.34. The Balaban J connectivity index is 3.18. The molecule has 0 aliphatic heterocycles. The number of hydrogen-bond donors (Lipinski definition) is 1. The molecule has 1 rings (SSSR count). The largest absolute Gasteiger partial charge is 0.321 e. The van der Waals surface area contributed by atoms with Crippen molar-refractivity contribution in [2.24, 2.45) is 11.7 Å². The molecule has 1 aromatic carbocycles. The van der Waals surface area contributed by atoms with Gasteiger partial charge in [0, 0.05) is 15.6 Å². The van der Waals surface area contributed by atoms with Crippen LogP contribution in [-0.4, -0.2) is 0 Å². The first-order valence-corrected chi connectivity index (χ1v) is 5.35. The predicted molar refractivity (Wildman–Crippen MR) is 62.8 cm³/mol. The summed E-state index contributed by atoms with van der Waals surface area (Å²) in [6, 6.07) is 5.45. The first kappa shape index (κ1) is 11.8. The van der Waals surface area contributed by atoms with Gasteiger partial charge in [-0.25, -0.2) is 0 Å². The minimum atomic E-state index is -0.394. The molecule has 1 aromatic rings. The maximum Gasteiger partial charge on any atom is 0.0424 e. The molecular weight excluding hydrogens is 217 g/mol. The van der Waals surface area contributed by atoms with Crippen molar-refractivity contribution in [1.29, 1.82) is 0 Å². The normalized spacial score (nSPS) is 15.6. The lowest BCUT2D eigenvalue weighted by Crippen LogP contribution is -2.38. The zero-order valence-corrected chi connectivity index (χ0v) is 10.2. The Morgan fingerprint density at radius 3 is 1.93 bits per heavy atom. The monoisotopic (exact) mass is 231 g/mol. The summed E-state index contributed by atoms with van der Waals surface area (Å²) in [4.78, 5) is 0. The minimum absolute atomic E-state index is 0.331. The van der Waals surface area contributed by atoms with Crippen molar-refractivity contribution < 1.29 is 0 Å². The van der Waals surface area contributed by atoms with Crippen LogP contribution in [0.3, 0.4) is 0 Å². The van der Waals surface area contributed by atoms with Gasteiger partial charge >= 0.3 is 0 Å². The van der Waals surface area contributed by atoms with Crippen LogP contribution >= 0.6 is 23.2 Å². The highest BCUT2D eigenvalue weighted by atomic mass is 35.5. The van der Waals surface area contributed by atoms with E-state index in [1.807, 2.05) is 19.1 Å². The Morgan fingerprint density at radius 1 is 1.14 bits per heavy atom. The molecule has 0 spiro atoms. The average Bonchev–Trinajstić information content (AvgIpc) is 2.01. The second-order valence-corrected chi connectivity index (χ2v) is 4.97. The maximum atomic E-state index is 6.20. The lowest BCUT2D eigenvalue weighted by molar-refractivity contribution is 0.350. The van der Waals surface area contributed by atoms with Crippen LogP contribution in [0.5, 0.6) is 0 Å². The number of rotatable bonds is 2. The number of benzene rings is 1. The summed E-state index contributed by atoms with van der Waals surface area (Å²) >= 11 is 11.8. The molecule has 0 saturated heterocycles. The predicted octanol–water partition coefficient (Wildman–Crippen LogP) is 3.82. The van der Waals surface area contributed by atoms with E-state index < -0.39 is 5.54 Å². The van der Waals surface area contributed by atoms with Gasteiger partial charge in [-0.3, -0.25) is 0 Å². The molecule has 0 aromatic heterocycles. The van der Waals surface area contributed by atoms with Crippen LogP contribution in [0.4, 0.5) is 0 Å². The summed E-state index contributed by atoms with van der Waals surface area (Å²) in [5.74, 6) is 0.331. The summed E-state index contributed by atoms with van der Waals surface area (Å²) < 4.78 is 0. The molecule has 1 atom stereocenters. The van der Waals surface area contributed by atoms with Crippen molar-refractivity contribution in [1.82, 2.24) is 0 Å². The molecule has 0 bridgehead atoms. The Bertz CT molecular complexity index is 312. The molecule has 0 fully saturated rings. The van der Waals surface area contributed by atoms with Crippen LogP contribution in [0.2, 0.25) is 10.0 Å². The van der Waals surface area contributed by atoms with E-state index in [-0.39, 0.29) is 0 Å². The van der Waals surface area contributed by atoms with Crippen molar-refractivity contribution in [2.75, 3.05) is 0 Å². The molecule has 3 heteroatoms. The summed E-state index contributed by atoms with van der Waals surface area (Å²) in [7, 11) is 0. The van der Waals surface area contributed by atoms with Gasteiger partial charge in [0.05, 0.1) is 0 Å². The smallest absolute Gasteiger partial charge is 0.0424 e. The van der Waals surface area contributed by atoms with Crippen molar-refractivity contribution >= 4 is 23.2 Å². The Morgan fingerprint density at radius 2 is 1.57 bits per heavy atom. The molecule has 0 amide bonds. The van der Waals surface area contributed by atoms with Crippen LogP contribution in [-0.2, 0) is 5.54 Å². The summed E-state index contributed by atoms with van der Waals surface area (Å²) in [5.41, 5.74) is 6.78. The summed E-state index contributed by atoms with van der Waals surface area (Å²) in [6.45, 7) is 6.14. The van der Waals surface area contributed by atoms with Crippen LogP contribution in [0.15, 0.2) is 18.2 Å². The standard InChI is InChI=1S/C11H15Cl2N/c1-7(2)11(3,14)8-4-9(12)6-10(13)5-8/h4-7H,14H2,1-3H3/t11-/m0/s1. The molecule has 0 radical (unpaired) electrons. The number of hydrogen-bond acceptors (Lipinski definition) is 1. The molecule has 0 aliphatic carbocycles. The van der Waals surface area contributed by atoms with E-state index >= 15 is 0 Å². The third-order valence-corrected chi connectivity index (χ3v) is 3.12. The van der Waals surface area contributed by atoms with Crippen molar-refractivity contribution in [3.05, 3.63) is 33.8 Å². The molecule has 0 unspecified atom stereocenters. The summed E-state index contributed by atoms with van der Waals surface area (Å²) in [6.07, 6.45) is 0. The van der Waals surface area contributed by atoms with E-state index in [9.17, 15) is 0 Å². The van der Waals surface area contributed by atoms with Gasteiger partial charge in [0.1, 0.15) is 0 Å². The van der Waals surface area contributed by atoms with Gasteiger partial charge in [0.2, 0.25) is 0 Å². The quantitative estimate of drug-likeness (QED) is 0.823. The second-order valence-electron chi connectivity index (χ2n) is 4.10. The third-order valence-electron chi connectivity index (χ3n) is 2.68. The van der Waals surface area contributed by atoms with Gasteiger partial charge in [-0.05, 0) is 36.6 Å². The minimum Gasteiger partial charge on any atom is -0.321 e. The Labute approximate surface area is 95.2 Å². The maximum absolute atomic E-state index is 6.20. The molecular formula is C11H15Cl2N. The van der Waals surface area contributed by atoms with Gasteiger partial charge in [-0.15, -0.1) is 0 Å². The van der Waals surface area contributed by atoms with Crippen LogP contribution in [0.1, 0.15) is 26.3 Å². The molecule has 0 aliphatic rings. The molecule has 0 heterocycles.